The zero-order chi connectivity index (χ0) is 20.8. The number of rotatable bonds is 7. The van der Waals surface area contributed by atoms with E-state index in [2.05, 4.69) is 5.32 Å². The number of hydrogen-bond acceptors (Lipinski definition) is 4. The van der Waals surface area contributed by atoms with Crippen molar-refractivity contribution in [3.05, 3.63) is 109 Å². The second kappa shape index (κ2) is 8.97. The van der Waals surface area contributed by atoms with Gasteiger partial charge in [0.05, 0.1) is 7.11 Å². The Balaban J connectivity index is 1.40. The van der Waals surface area contributed by atoms with Crippen molar-refractivity contribution in [1.82, 2.24) is 0 Å². The van der Waals surface area contributed by atoms with Gasteiger partial charge in [0.15, 0.2) is 5.78 Å². The molecular weight excluding hydrogens is 374 g/mol. The minimum absolute atomic E-state index is 0.0442. The largest absolute Gasteiger partial charge is 0.497 e. The Hall–Kier alpha value is -4.05. The maximum atomic E-state index is 12.6. The molecule has 0 heterocycles. The number of hydrogen-bond donors (Lipinski definition) is 1. The number of methoxy groups -OCH3 is 1. The molecule has 1 N–H and O–H groups in total. The number of carbonyl (C=O) groups excluding carboxylic acids is 1. The molecule has 0 saturated carbocycles. The van der Waals surface area contributed by atoms with Crippen LogP contribution < -0.4 is 14.8 Å². The normalized spacial score (nSPS) is 10.8. The van der Waals surface area contributed by atoms with Crippen molar-refractivity contribution in [2.75, 3.05) is 12.4 Å². The molecule has 148 valence electrons. The molecule has 30 heavy (non-hydrogen) atoms. The molecule has 0 unspecified atom stereocenters. The van der Waals surface area contributed by atoms with E-state index in [0.29, 0.717) is 17.1 Å². The van der Waals surface area contributed by atoms with Gasteiger partial charge in [-0.15, -0.1) is 0 Å². The van der Waals surface area contributed by atoms with Crippen LogP contribution in [0.1, 0.15) is 10.4 Å². The van der Waals surface area contributed by atoms with Gasteiger partial charge in [0.25, 0.3) is 0 Å². The first-order valence-electron chi connectivity index (χ1n) is 9.60. The highest BCUT2D eigenvalue weighted by atomic mass is 16.5. The summed E-state index contributed by atoms with van der Waals surface area (Å²) < 4.78 is 11.0. The molecule has 0 radical (unpaired) electrons. The second-order valence-electron chi connectivity index (χ2n) is 6.67. The van der Waals surface area contributed by atoms with Crippen LogP contribution in [0, 0.1) is 0 Å². The molecule has 0 amide bonds. The van der Waals surface area contributed by atoms with Gasteiger partial charge in [-0.2, -0.15) is 0 Å². The van der Waals surface area contributed by atoms with Crippen molar-refractivity contribution >= 4 is 22.2 Å². The molecule has 0 aromatic heterocycles. The summed E-state index contributed by atoms with van der Waals surface area (Å²) in [4.78, 5) is 12.6. The average molecular weight is 395 g/mol. The minimum Gasteiger partial charge on any atom is -0.497 e. The van der Waals surface area contributed by atoms with Crippen molar-refractivity contribution in [2.45, 2.75) is 0 Å². The Bertz CT molecular complexity index is 1190. The lowest BCUT2D eigenvalue weighted by Gasteiger charge is -2.08. The van der Waals surface area contributed by atoms with Gasteiger partial charge in [-0.25, -0.2) is 0 Å². The van der Waals surface area contributed by atoms with Gasteiger partial charge in [0.2, 0.25) is 0 Å². The van der Waals surface area contributed by atoms with E-state index in [4.69, 9.17) is 9.47 Å². The number of carbonyl (C=O) groups is 1. The van der Waals surface area contributed by atoms with Gasteiger partial charge < -0.3 is 14.8 Å². The summed E-state index contributed by atoms with van der Waals surface area (Å²) >= 11 is 0. The molecule has 4 rings (SSSR count). The molecule has 0 saturated heterocycles. The van der Waals surface area contributed by atoms with E-state index >= 15 is 0 Å². The van der Waals surface area contributed by atoms with Crippen LogP contribution in [0.3, 0.4) is 0 Å². The van der Waals surface area contributed by atoms with Crippen LogP contribution in [0.4, 0.5) is 5.69 Å². The summed E-state index contributed by atoms with van der Waals surface area (Å²) in [7, 11) is 1.62. The predicted molar refractivity (Wildman–Crippen MR) is 121 cm³/mol. The molecule has 4 nitrogen and oxygen atoms in total. The van der Waals surface area contributed by atoms with E-state index in [9.17, 15) is 4.79 Å². The summed E-state index contributed by atoms with van der Waals surface area (Å²) in [6.07, 6.45) is 3.20. The zero-order valence-corrected chi connectivity index (χ0v) is 16.5. The van der Waals surface area contributed by atoms with E-state index in [0.717, 1.165) is 22.2 Å². The number of fused-ring (bicyclic) bond motifs is 1. The number of ketones is 1. The maximum Gasteiger partial charge on any atom is 0.187 e. The monoisotopic (exact) mass is 395 g/mol. The second-order valence-corrected chi connectivity index (χ2v) is 6.67. The van der Waals surface area contributed by atoms with Crippen LogP contribution in [-0.4, -0.2) is 12.9 Å². The fraction of sp³-hybridized carbons (Fsp3) is 0.0385. The number of allylic oxidation sites excluding steroid dienone is 1. The maximum absolute atomic E-state index is 12.6. The van der Waals surface area contributed by atoms with Gasteiger partial charge >= 0.3 is 0 Å². The van der Waals surface area contributed by atoms with Crippen LogP contribution in [0.15, 0.2) is 103 Å². The molecule has 4 aromatic rings. The first-order valence-corrected chi connectivity index (χ1v) is 9.60. The summed E-state index contributed by atoms with van der Waals surface area (Å²) in [6.45, 7) is 0. The van der Waals surface area contributed by atoms with Gasteiger partial charge in [-0.3, -0.25) is 4.79 Å². The van der Waals surface area contributed by atoms with Crippen molar-refractivity contribution in [3.8, 4) is 17.2 Å². The Labute approximate surface area is 175 Å². The number of nitrogens with one attached hydrogen (secondary N) is 1. The lowest BCUT2D eigenvalue weighted by molar-refractivity contribution is 0.104. The topological polar surface area (TPSA) is 47.6 Å². The summed E-state index contributed by atoms with van der Waals surface area (Å²) in [5.74, 6) is 2.12. The van der Waals surface area contributed by atoms with Gasteiger partial charge in [0.1, 0.15) is 17.2 Å². The molecule has 0 aliphatic heterocycles. The van der Waals surface area contributed by atoms with Crippen molar-refractivity contribution in [1.29, 1.82) is 0 Å². The smallest absolute Gasteiger partial charge is 0.187 e. The first-order chi connectivity index (χ1) is 14.7. The lowest BCUT2D eigenvalue weighted by Crippen LogP contribution is -1.97. The molecule has 0 atom stereocenters. The SMILES string of the molecule is COc1cccc(Oc2ccc(N/C=C/C(=O)c3cccc4ccccc34)cc2)c1. The Kier molecular flexibility index (Phi) is 5.76. The Morgan fingerprint density at radius 2 is 1.53 bits per heavy atom. The summed E-state index contributed by atoms with van der Waals surface area (Å²) in [6, 6.07) is 28.6. The van der Waals surface area contributed by atoms with Crippen LogP contribution in [0.2, 0.25) is 0 Å². The van der Waals surface area contributed by atoms with Crippen LogP contribution in [0.5, 0.6) is 17.2 Å². The number of benzene rings is 4. The molecular formula is C26H21NO3. The fourth-order valence-electron chi connectivity index (χ4n) is 3.16. The standard InChI is InChI=1S/C26H21NO3/c1-29-22-8-5-9-23(18-22)30-21-14-12-20(13-15-21)27-17-16-26(28)25-11-4-7-19-6-2-3-10-24(19)25/h2-18,27H,1H3/b17-16+. The third-order valence-corrected chi connectivity index (χ3v) is 4.67. The van der Waals surface area contributed by atoms with Crippen molar-refractivity contribution in [3.63, 3.8) is 0 Å². The third-order valence-electron chi connectivity index (χ3n) is 4.67. The van der Waals surface area contributed by atoms with Crippen LogP contribution in [-0.2, 0) is 0 Å². The first kappa shape index (κ1) is 19.3. The molecule has 0 aliphatic carbocycles. The Morgan fingerprint density at radius 1 is 0.800 bits per heavy atom. The highest BCUT2D eigenvalue weighted by Crippen LogP contribution is 2.26. The average Bonchev–Trinajstić information content (AvgIpc) is 2.80. The minimum atomic E-state index is -0.0442. The molecule has 0 aliphatic rings. The van der Waals surface area contributed by atoms with Gasteiger partial charge in [-0.05, 0) is 47.2 Å². The van der Waals surface area contributed by atoms with Gasteiger partial charge in [0, 0.05) is 29.6 Å². The molecule has 0 fully saturated rings. The molecule has 0 bridgehead atoms. The zero-order valence-electron chi connectivity index (χ0n) is 16.5. The fourth-order valence-corrected chi connectivity index (χ4v) is 3.16. The highest BCUT2D eigenvalue weighted by Gasteiger charge is 2.06. The quantitative estimate of drug-likeness (QED) is 0.289. The van der Waals surface area contributed by atoms with E-state index in [1.165, 1.54) is 0 Å². The molecule has 4 aromatic carbocycles. The third kappa shape index (κ3) is 4.50. The summed E-state index contributed by atoms with van der Waals surface area (Å²) in [5, 5.41) is 5.13. The summed E-state index contributed by atoms with van der Waals surface area (Å²) in [5.41, 5.74) is 1.54. The lowest BCUT2D eigenvalue weighted by atomic mass is 10.0. The van der Waals surface area contributed by atoms with E-state index in [1.54, 1.807) is 19.4 Å². The molecule has 0 spiro atoms. The Morgan fingerprint density at radius 3 is 2.37 bits per heavy atom. The van der Waals surface area contributed by atoms with Crippen LogP contribution in [0.25, 0.3) is 10.8 Å². The van der Waals surface area contributed by atoms with E-state index in [-0.39, 0.29) is 5.78 Å². The van der Waals surface area contributed by atoms with Crippen molar-refractivity contribution < 1.29 is 14.3 Å². The predicted octanol–water partition coefficient (Wildman–Crippen LogP) is 6.45. The van der Waals surface area contributed by atoms with Gasteiger partial charge in [-0.1, -0.05) is 48.5 Å². The van der Waals surface area contributed by atoms with Crippen molar-refractivity contribution in [2.24, 2.45) is 0 Å². The number of ether oxygens (including phenoxy) is 2. The highest BCUT2D eigenvalue weighted by molar-refractivity contribution is 6.13. The molecule has 4 heteroatoms. The van der Waals surface area contributed by atoms with E-state index < -0.39 is 0 Å². The van der Waals surface area contributed by atoms with E-state index in [1.807, 2.05) is 91.0 Å². The number of anilines is 1. The van der Waals surface area contributed by atoms with Crippen LogP contribution >= 0.6 is 0 Å².